The Morgan fingerprint density at radius 2 is 2.15 bits per heavy atom. The van der Waals surface area contributed by atoms with Crippen molar-refractivity contribution in [2.75, 3.05) is 11.9 Å². The number of anilines is 1. The molecule has 136 valence electrons. The van der Waals surface area contributed by atoms with E-state index >= 15 is 0 Å². The topological polar surface area (TPSA) is 125 Å². The maximum atomic E-state index is 13.7. The fourth-order valence-corrected chi connectivity index (χ4v) is 4.09. The van der Waals surface area contributed by atoms with Gasteiger partial charge in [-0.3, -0.25) is 19.7 Å². The van der Waals surface area contributed by atoms with Crippen LogP contribution in [0.5, 0.6) is 5.75 Å². The van der Waals surface area contributed by atoms with Crippen molar-refractivity contribution in [3.63, 3.8) is 0 Å². The van der Waals surface area contributed by atoms with Gasteiger partial charge < -0.3 is 15.8 Å². The van der Waals surface area contributed by atoms with Crippen LogP contribution in [0.4, 0.5) is 15.1 Å². The second kappa shape index (κ2) is 7.08. The highest BCUT2D eigenvalue weighted by Crippen LogP contribution is 2.38. The van der Waals surface area contributed by atoms with Crippen molar-refractivity contribution in [1.29, 1.82) is 0 Å². The number of nitrogens with one attached hydrogen (secondary N) is 1. The number of fused-ring (bicyclic) bond motifs is 1. The number of aryl methyl sites for hydroxylation is 1. The van der Waals surface area contributed by atoms with E-state index in [1.165, 1.54) is 11.3 Å². The number of halogens is 1. The molecule has 1 aliphatic carbocycles. The van der Waals surface area contributed by atoms with Crippen LogP contribution in [0.1, 0.15) is 27.2 Å². The van der Waals surface area contributed by atoms with E-state index in [0.29, 0.717) is 16.6 Å². The first kappa shape index (κ1) is 17.8. The molecule has 3 rings (SSSR count). The zero-order chi connectivity index (χ0) is 18.8. The monoisotopic (exact) mass is 379 g/mol. The lowest BCUT2D eigenvalue weighted by molar-refractivity contribution is -0.385. The molecule has 2 amide bonds. The minimum absolute atomic E-state index is 0.283. The molecule has 2 aromatic rings. The largest absolute Gasteiger partial charge is 0.481 e. The van der Waals surface area contributed by atoms with Gasteiger partial charge in [-0.25, -0.2) is 4.39 Å². The van der Waals surface area contributed by atoms with Crippen molar-refractivity contribution < 1.29 is 23.6 Å². The number of hydrogen-bond donors (Lipinski definition) is 2. The maximum Gasteiger partial charge on any atom is 0.272 e. The van der Waals surface area contributed by atoms with E-state index in [1.54, 1.807) is 0 Å². The molecule has 0 aliphatic heterocycles. The van der Waals surface area contributed by atoms with Crippen LogP contribution < -0.4 is 15.8 Å². The van der Waals surface area contributed by atoms with Gasteiger partial charge >= 0.3 is 0 Å². The molecule has 26 heavy (non-hydrogen) atoms. The predicted molar refractivity (Wildman–Crippen MR) is 92.0 cm³/mol. The highest BCUT2D eigenvalue weighted by molar-refractivity contribution is 7.17. The summed E-state index contributed by atoms with van der Waals surface area (Å²) < 4.78 is 18.8. The maximum absolute atomic E-state index is 13.7. The number of benzene rings is 1. The molecule has 0 saturated carbocycles. The lowest BCUT2D eigenvalue weighted by Crippen LogP contribution is -2.22. The molecule has 1 heterocycles. The van der Waals surface area contributed by atoms with Gasteiger partial charge in [0.05, 0.1) is 16.6 Å². The molecule has 3 N–H and O–H groups in total. The molecular formula is C16H14FN3O5S. The average molecular weight is 379 g/mol. The predicted octanol–water partition coefficient (Wildman–Crippen LogP) is 2.40. The summed E-state index contributed by atoms with van der Waals surface area (Å²) in [5, 5.41) is 13.5. The van der Waals surface area contributed by atoms with Crippen molar-refractivity contribution >= 4 is 33.8 Å². The van der Waals surface area contributed by atoms with Crippen molar-refractivity contribution in [3.8, 4) is 5.75 Å². The van der Waals surface area contributed by atoms with Crippen molar-refractivity contribution in [2.45, 2.75) is 19.3 Å². The highest BCUT2D eigenvalue weighted by atomic mass is 32.1. The Morgan fingerprint density at radius 1 is 1.38 bits per heavy atom. The number of nitro groups is 1. The third-order valence-electron chi connectivity index (χ3n) is 3.91. The SMILES string of the molecule is NC(=O)c1c(NC(=O)COc2ccc([N+](=O)[O-])cc2F)sc2c1CCC2. The molecule has 8 nitrogen and oxygen atoms in total. The van der Waals surface area contributed by atoms with Crippen LogP contribution in [0.2, 0.25) is 0 Å². The summed E-state index contributed by atoms with van der Waals surface area (Å²) >= 11 is 1.30. The van der Waals surface area contributed by atoms with E-state index in [0.717, 1.165) is 41.8 Å². The minimum Gasteiger partial charge on any atom is -0.481 e. The number of amides is 2. The quantitative estimate of drug-likeness (QED) is 0.589. The molecule has 0 spiro atoms. The number of primary amides is 1. The van der Waals surface area contributed by atoms with Crippen LogP contribution in [0, 0.1) is 15.9 Å². The first-order valence-electron chi connectivity index (χ1n) is 7.67. The molecule has 0 radical (unpaired) electrons. The first-order chi connectivity index (χ1) is 12.4. The summed E-state index contributed by atoms with van der Waals surface area (Å²) in [6.45, 7) is -0.518. The van der Waals surface area contributed by atoms with E-state index in [1.807, 2.05) is 0 Å². The first-order valence-corrected chi connectivity index (χ1v) is 8.49. The Balaban J connectivity index is 1.67. The van der Waals surface area contributed by atoms with E-state index < -0.39 is 34.8 Å². The van der Waals surface area contributed by atoms with Crippen LogP contribution in [-0.2, 0) is 17.6 Å². The normalized spacial score (nSPS) is 12.5. The van der Waals surface area contributed by atoms with E-state index in [2.05, 4.69) is 5.32 Å². The number of nitro benzene ring substituents is 1. The van der Waals surface area contributed by atoms with Crippen molar-refractivity contribution in [3.05, 3.63) is 50.1 Å². The van der Waals surface area contributed by atoms with Gasteiger partial charge in [0.2, 0.25) is 0 Å². The second-order valence-corrected chi connectivity index (χ2v) is 6.74. The Kier molecular flexibility index (Phi) is 4.85. The summed E-state index contributed by atoms with van der Waals surface area (Å²) in [7, 11) is 0. The zero-order valence-corrected chi connectivity index (χ0v) is 14.2. The smallest absolute Gasteiger partial charge is 0.272 e. The third kappa shape index (κ3) is 3.49. The minimum atomic E-state index is -0.945. The molecule has 1 aromatic carbocycles. The van der Waals surface area contributed by atoms with Gasteiger partial charge in [-0.2, -0.15) is 0 Å². The molecule has 0 bridgehead atoms. The van der Waals surface area contributed by atoms with Gasteiger partial charge in [-0.05, 0) is 30.9 Å². The fraction of sp³-hybridized carbons (Fsp3) is 0.250. The van der Waals surface area contributed by atoms with Gasteiger partial charge in [0.1, 0.15) is 5.00 Å². The van der Waals surface area contributed by atoms with Gasteiger partial charge in [-0.1, -0.05) is 0 Å². The standard InChI is InChI=1S/C16H14FN3O5S/c17-10-6-8(20(23)24)4-5-11(10)25-7-13(21)19-16-14(15(18)22)9-2-1-3-12(9)26-16/h4-6H,1-3,7H2,(H2,18,22)(H,19,21). The summed E-state index contributed by atoms with van der Waals surface area (Å²) in [5.41, 5.74) is 6.19. The fourth-order valence-electron chi connectivity index (χ4n) is 2.78. The van der Waals surface area contributed by atoms with Crippen LogP contribution >= 0.6 is 11.3 Å². The van der Waals surface area contributed by atoms with E-state index in [9.17, 15) is 24.1 Å². The van der Waals surface area contributed by atoms with E-state index in [-0.39, 0.29) is 5.75 Å². The Bertz CT molecular complexity index is 912. The Hall–Kier alpha value is -3.01. The second-order valence-electron chi connectivity index (χ2n) is 5.63. The van der Waals surface area contributed by atoms with Gasteiger partial charge in [0.25, 0.3) is 17.5 Å². The summed E-state index contributed by atoms with van der Waals surface area (Å²) in [5.74, 6) is -2.43. The summed E-state index contributed by atoms with van der Waals surface area (Å²) in [4.78, 5) is 34.6. The number of thiophene rings is 1. The lowest BCUT2D eigenvalue weighted by Gasteiger charge is -2.08. The summed E-state index contributed by atoms with van der Waals surface area (Å²) in [6, 6.07) is 2.86. The number of non-ortho nitro benzene ring substituents is 1. The van der Waals surface area contributed by atoms with Gasteiger partial charge in [-0.15, -0.1) is 11.3 Å². The number of nitrogens with zero attached hydrogens (tertiary/aromatic N) is 1. The Morgan fingerprint density at radius 3 is 2.81 bits per heavy atom. The van der Waals surface area contributed by atoms with Crippen LogP contribution in [-0.4, -0.2) is 23.3 Å². The van der Waals surface area contributed by atoms with Gasteiger partial charge in [0.15, 0.2) is 18.2 Å². The number of ether oxygens (including phenoxy) is 1. The lowest BCUT2D eigenvalue weighted by atomic mass is 10.1. The highest BCUT2D eigenvalue weighted by Gasteiger charge is 2.26. The van der Waals surface area contributed by atoms with Crippen molar-refractivity contribution in [2.24, 2.45) is 5.73 Å². The molecular weight excluding hydrogens is 365 g/mol. The molecule has 1 aliphatic rings. The van der Waals surface area contributed by atoms with Gasteiger partial charge in [0, 0.05) is 10.9 Å². The number of hydrogen-bond acceptors (Lipinski definition) is 6. The Labute approximate surface area is 150 Å². The molecule has 0 unspecified atom stereocenters. The molecule has 0 saturated heterocycles. The zero-order valence-electron chi connectivity index (χ0n) is 13.4. The van der Waals surface area contributed by atoms with Crippen LogP contribution in [0.15, 0.2) is 18.2 Å². The van der Waals surface area contributed by atoms with Crippen LogP contribution in [0.3, 0.4) is 0 Å². The molecule has 10 heteroatoms. The van der Waals surface area contributed by atoms with E-state index in [4.69, 9.17) is 10.5 Å². The third-order valence-corrected chi connectivity index (χ3v) is 5.11. The van der Waals surface area contributed by atoms with Crippen LogP contribution in [0.25, 0.3) is 0 Å². The molecule has 0 atom stereocenters. The number of nitrogens with two attached hydrogens (primary N) is 1. The van der Waals surface area contributed by atoms with Crippen molar-refractivity contribution in [1.82, 2.24) is 0 Å². The number of rotatable bonds is 6. The number of carbonyl (C=O) groups excluding carboxylic acids is 2. The molecule has 0 fully saturated rings. The average Bonchev–Trinajstić information content (AvgIpc) is 3.13. The number of carbonyl (C=O) groups is 2. The molecule has 1 aromatic heterocycles. The summed E-state index contributed by atoms with van der Waals surface area (Å²) in [6.07, 6.45) is 2.52.